The first-order chi connectivity index (χ1) is 11.3. The van der Waals surface area contributed by atoms with Crippen LogP contribution in [0.2, 0.25) is 0 Å². The van der Waals surface area contributed by atoms with Crippen molar-refractivity contribution in [2.45, 2.75) is 90.0 Å². The van der Waals surface area contributed by atoms with Gasteiger partial charge in [-0.3, -0.25) is 0 Å². The standard InChI is InChI=1S/C11H25N.C10H13N/c1-2-3-4-5-6-7-8-9-10-11-12;11-10-7-3-5-8-4-1-2-6-9(8)10/h2-12H2,1H3;1-2,4,6,10H,3,5,7,11H2. The van der Waals surface area contributed by atoms with Gasteiger partial charge in [0.05, 0.1) is 0 Å². The van der Waals surface area contributed by atoms with E-state index in [0.29, 0.717) is 6.04 Å². The molecule has 0 radical (unpaired) electrons. The normalized spacial score (nSPS) is 16.4. The van der Waals surface area contributed by atoms with Crippen molar-refractivity contribution in [3.05, 3.63) is 35.4 Å². The summed E-state index contributed by atoms with van der Waals surface area (Å²) in [7, 11) is 0. The van der Waals surface area contributed by atoms with E-state index in [-0.39, 0.29) is 0 Å². The van der Waals surface area contributed by atoms with E-state index in [4.69, 9.17) is 11.5 Å². The molecule has 0 aromatic heterocycles. The van der Waals surface area contributed by atoms with Crippen LogP contribution in [0, 0.1) is 0 Å². The second-order valence-corrected chi connectivity index (χ2v) is 6.81. The highest BCUT2D eigenvalue weighted by Crippen LogP contribution is 2.26. The van der Waals surface area contributed by atoms with Gasteiger partial charge in [0.1, 0.15) is 0 Å². The fraction of sp³-hybridized carbons (Fsp3) is 0.714. The number of rotatable bonds is 9. The zero-order valence-corrected chi connectivity index (χ0v) is 15.2. The molecule has 132 valence electrons. The van der Waals surface area contributed by atoms with E-state index >= 15 is 0 Å². The van der Waals surface area contributed by atoms with E-state index in [1.807, 2.05) is 0 Å². The molecule has 0 aliphatic heterocycles. The molecule has 1 aliphatic rings. The van der Waals surface area contributed by atoms with Crippen molar-refractivity contribution in [2.24, 2.45) is 11.5 Å². The molecule has 0 saturated heterocycles. The van der Waals surface area contributed by atoms with Crippen molar-refractivity contribution in [1.82, 2.24) is 0 Å². The summed E-state index contributed by atoms with van der Waals surface area (Å²) in [6, 6.07) is 8.80. The molecule has 23 heavy (non-hydrogen) atoms. The summed E-state index contributed by atoms with van der Waals surface area (Å²) < 4.78 is 0. The number of hydrogen-bond donors (Lipinski definition) is 2. The Morgan fingerprint density at radius 2 is 1.52 bits per heavy atom. The minimum atomic E-state index is 0.292. The van der Waals surface area contributed by atoms with E-state index in [2.05, 4.69) is 31.2 Å². The average molecular weight is 319 g/mol. The largest absolute Gasteiger partial charge is 0.330 e. The third-order valence-electron chi connectivity index (χ3n) is 4.72. The second-order valence-electron chi connectivity index (χ2n) is 6.81. The first-order valence-electron chi connectivity index (χ1n) is 9.83. The van der Waals surface area contributed by atoms with Crippen LogP contribution in [0.15, 0.2) is 24.3 Å². The fourth-order valence-corrected chi connectivity index (χ4v) is 3.25. The van der Waals surface area contributed by atoms with Gasteiger partial charge < -0.3 is 11.5 Å². The lowest BCUT2D eigenvalue weighted by molar-refractivity contribution is 0.567. The molecule has 1 aliphatic carbocycles. The highest BCUT2D eigenvalue weighted by atomic mass is 14.6. The van der Waals surface area contributed by atoms with Crippen molar-refractivity contribution >= 4 is 0 Å². The van der Waals surface area contributed by atoms with Gasteiger partial charge >= 0.3 is 0 Å². The molecule has 0 saturated carbocycles. The number of benzene rings is 1. The minimum Gasteiger partial charge on any atom is -0.330 e. The van der Waals surface area contributed by atoms with Gasteiger partial charge in [-0.05, 0) is 43.4 Å². The maximum absolute atomic E-state index is 5.95. The van der Waals surface area contributed by atoms with Crippen LogP contribution in [-0.4, -0.2) is 6.54 Å². The molecule has 2 heteroatoms. The monoisotopic (exact) mass is 318 g/mol. The van der Waals surface area contributed by atoms with Gasteiger partial charge in [-0.1, -0.05) is 82.6 Å². The molecule has 4 N–H and O–H groups in total. The predicted molar refractivity (Wildman–Crippen MR) is 103 cm³/mol. The van der Waals surface area contributed by atoms with Gasteiger partial charge in [0.15, 0.2) is 0 Å². The number of fused-ring (bicyclic) bond motifs is 1. The lowest BCUT2D eigenvalue weighted by Crippen LogP contribution is -2.16. The lowest BCUT2D eigenvalue weighted by atomic mass is 9.88. The lowest BCUT2D eigenvalue weighted by Gasteiger charge is -2.21. The van der Waals surface area contributed by atoms with Gasteiger partial charge in [0.2, 0.25) is 0 Å². The maximum atomic E-state index is 5.95. The summed E-state index contributed by atoms with van der Waals surface area (Å²) in [6.45, 7) is 3.14. The van der Waals surface area contributed by atoms with E-state index in [9.17, 15) is 0 Å². The Balaban J connectivity index is 0.000000230. The third kappa shape index (κ3) is 9.12. The van der Waals surface area contributed by atoms with Crippen LogP contribution in [-0.2, 0) is 6.42 Å². The van der Waals surface area contributed by atoms with Crippen LogP contribution >= 0.6 is 0 Å². The molecule has 1 unspecified atom stereocenters. The Morgan fingerprint density at radius 1 is 0.913 bits per heavy atom. The predicted octanol–water partition coefficient (Wildman–Crippen LogP) is 5.50. The van der Waals surface area contributed by atoms with Gasteiger partial charge in [0.25, 0.3) is 0 Å². The van der Waals surface area contributed by atoms with Gasteiger partial charge in [-0.25, -0.2) is 0 Å². The van der Waals surface area contributed by atoms with Crippen molar-refractivity contribution in [3.8, 4) is 0 Å². The molecular weight excluding hydrogens is 280 g/mol. The quantitative estimate of drug-likeness (QED) is 0.591. The zero-order valence-electron chi connectivity index (χ0n) is 15.2. The molecule has 0 amide bonds. The van der Waals surface area contributed by atoms with E-state index in [0.717, 1.165) is 13.0 Å². The summed E-state index contributed by atoms with van der Waals surface area (Å²) in [5.41, 5.74) is 14.2. The van der Waals surface area contributed by atoms with Crippen LogP contribution in [0.5, 0.6) is 0 Å². The van der Waals surface area contributed by atoms with E-state index in [1.54, 1.807) is 0 Å². The number of aryl methyl sites for hydroxylation is 1. The summed E-state index contributed by atoms with van der Waals surface area (Å²) in [5.74, 6) is 0. The Hall–Kier alpha value is -0.860. The molecule has 0 heterocycles. The van der Waals surface area contributed by atoms with Crippen LogP contribution in [0.25, 0.3) is 0 Å². The van der Waals surface area contributed by atoms with Crippen molar-refractivity contribution in [2.75, 3.05) is 6.54 Å². The van der Waals surface area contributed by atoms with Crippen molar-refractivity contribution in [1.29, 1.82) is 0 Å². The Kier molecular flexibility index (Phi) is 11.9. The SMILES string of the molecule is CCCCCCCCCCCN.NC1CCCc2ccccc21. The van der Waals surface area contributed by atoms with Crippen LogP contribution in [0.3, 0.4) is 0 Å². The molecule has 0 fully saturated rings. The highest BCUT2D eigenvalue weighted by molar-refractivity contribution is 5.31. The molecule has 1 aromatic rings. The van der Waals surface area contributed by atoms with Gasteiger partial charge in [-0.15, -0.1) is 0 Å². The summed E-state index contributed by atoms with van der Waals surface area (Å²) in [5, 5.41) is 0. The maximum Gasteiger partial charge on any atom is 0.0297 e. The number of hydrogen-bond acceptors (Lipinski definition) is 2. The van der Waals surface area contributed by atoms with Crippen molar-refractivity contribution < 1.29 is 0 Å². The average Bonchev–Trinajstić information content (AvgIpc) is 2.58. The summed E-state index contributed by atoms with van der Waals surface area (Å²) in [4.78, 5) is 0. The molecule has 2 nitrogen and oxygen atoms in total. The Morgan fingerprint density at radius 3 is 2.13 bits per heavy atom. The Bertz CT molecular complexity index is 379. The Labute approximate surface area is 144 Å². The fourth-order valence-electron chi connectivity index (χ4n) is 3.25. The van der Waals surface area contributed by atoms with E-state index < -0.39 is 0 Å². The highest BCUT2D eigenvalue weighted by Gasteiger charge is 2.14. The zero-order chi connectivity index (χ0) is 16.8. The molecular formula is C21H38N2. The molecule has 1 atom stereocenters. The summed E-state index contributed by atoms with van der Waals surface area (Å²) in [6.07, 6.45) is 16.1. The third-order valence-corrected chi connectivity index (χ3v) is 4.72. The van der Waals surface area contributed by atoms with Crippen LogP contribution in [0.4, 0.5) is 0 Å². The number of nitrogens with two attached hydrogens (primary N) is 2. The summed E-state index contributed by atoms with van der Waals surface area (Å²) >= 11 is 0. The smallest absolute Gasteiger partial charge is 0.0297 e. The first-order valence-corrected chi connectivity index (χ1v) is 9.83. The van der Waals surface area contributed by atoms with Gasteiger partial charge in [0, 0.05) is 6.04 Å². The minimum absolute atomic E-state index is 0.292. The number of unbranched alkanes of at least 4 members (excludes halogenated alkanes) is 8. The topological polar surface area (TPSA) is 52.0 Å². The van der Waals surface area contributed by atoms with Crippen LogP contribution < -0.4 is 11.5 Å². The molecule has 1 aromatic carbocycles. The molecule has 2 rings (SSSR count). The van der Waals surface area contributed by atoms with Gasteiger partial charge in [-0.2, -0.15) is 0 Å². The van der Waals surface area contributed by atoms with Crippen molar-refractivity contribution in [3.63, 3.8) is 0 Å². The first kappa shape index (κ1) is 20.2. The molecule has 0 spiro atoms. The van der Waals surface area contributed by atoms with E-state index in [1.165, 1.54) is 81.8 Å². The second kappa shape index (κ2) is 13.6. The molecule has 0 bridgehead atoms. The van der Waals surface area contributed by atoms with Crippen LogP contribution in [0.1, 0.15) is 94.7 Å².